The van der Waals surface area contributed by atoms with Crippen LogP contribution in [0, 0.1) is 6.92 Å². The number of carbonyl (C=O) groups excluding carboxylic acids is 1. The minimum absolute atomic E-state index is 0.371. The number of hydrogen-bond donors (Lipinski definition) is 2. The van der Waals surface area contributed by atoms with Gasteiger partial charge >= 0.3 is 5.97 Å². The fraction of sp³-hybridized carbons (Fsp3) is 0.312. The van der Waals surface area contributed by atoms with Crippen LogP contribution in [0.1, 0.15) is 35.3 Å². The fourth-order valence-corrected chi connectivity index (χ4v) is 3.23. The Labute approximate surface area is 132 Å². The van der Waals surface area contributed by atoms with E-state index in [1.807, 2.05) is 16.8 Å². The second-order valence-electron chi connectivity index (χ2n) is 5.54. The van der Waals surface area contributed by atoms with E-state index in [2.05, 4.69) is 10.3 Å². The highest BCUT2D eigenvalue weighted by atomic mass is 32.1. The molecular formula is C16H16N2O3S. The lowest BCUT2D eigenvalue weighted by molar-refractivity contribution is -0.148. The number of pyridine rings is 1. The molecule has 0 spiro atoms. The van der Waals surface area contributed by atoms with Crippen LogP contribution in [0.25, 0.3) is 11.3 Å². The minimum Gasteiger partial charge on any atom is -0.480 e. The molecule has 1 saturated carbocycles. The quantitative estimate of drug-likeness (QED) is 0.909. The predicted molar refractivity (Wildman–Crippen MR) is 84.0 cm³/mol. The zero-order valence-electron chi connectivity index (χ0n) is 12.1. The van der Waals surface area contributed by atoms with Gasteiger partial charge in [0.15, 0.2) is 0 Å². The van der Waals surface area contributed by atoms with Crippen molar-refractivity contribution in [1.82, 2.24) is 10.3 Å². The predicted octanol–water partition coefficient (Wildman–Crippen LogP) is 2.86. The van der Waals surface area contributed by atoms with Gasteiger partial charge in [-0.05, 0) is 49.8 Å². The van der Waals surface area contributed by atoms with Gasteiger partial charge in [0, 0.05) is 10.9 Å². The van der Waals surface area contributed by atoms with Gasteiger partial charge in [0.2, 0.25) is 0 Å². The maximum atomic E-state index is 12.4. The number of rotatable bonds is 4. The molecule has 3 rings (SSSR count). The summed E-state index contributed by atoms with van der Waals surface area (Å²) in [7, 11) is 0. The topological polar surface area (TPSA) is 79.3 Å². The Balaban J connectivity index is 1.83. The molecule has 2 aromatic rings. The number of nitrogens with zero attached hydrogens (tertiary/aromatic N) is 1. The molecule has 5 nitrogen and oxygen atoms in total. The monoisotopic (exact) mass is 316 g/mol. The first-order valence-corrected chi connectivity index (χ1v) is 8.02. The molecule has 2 N–H and O–H groups in total. The van der Waals surface area contributed by atoms with Crippen molar-refractivity contribution in [2.24, 2.45) is 0 Å². The normalized spacial score (nSPS) is 15.9. The summed E-state index contributed by atoms with van der Waals surface area (Å²) in [5.41, 5.74) is 1.75. The Hall–Kier alpha value is -2.21. The average molecular weight is 316 g/mol. The maximum absolute atomic E-state index is 12.4. The average Bonchev–Trinajstić information content (AvgIpc) is 2.96. The molecule has 114 valence electrons. The summed E-state index contributed by atoms with van der Waals surface area (Å²) in [5.74, 6) is -1.34. The lowest BCUT2D eigenvalue weighted by atomic mass is 9.76. The fourth-order valence-electron chi connectivity index (χ4n) is 2.58. The van der Waals surface area contributed by atoms with Crippen molar-refractivity contribution in [2.75, 3.05) is 0 Å². The summed E-state index contributed by atoms with van der Waals surface area (Å²) in [6.45, 7) is 1.76. The van der Waals surface area contributed by atoms with Crippen molar-refractivity contribution < 1.29 is 14.7 Å². The lowest BCUT2D eigenvalue weighted by Crippen LogP contribution is -2.59. The highest BCUT2D eigenvalue weighted by Gasteiger charge is 2.45. The second-order valence-corrected chi connectivity index (χ2v) is 6.32. The van der Waals surface area contributed by atoms with E-state index in [-0.39, 0.29) is 5.91 Å². The van der Waals surface area contributed by atoms with Crippen LogP contribution in [0.3, 0.4) is 0 Å². The molecule has 0 aliphatic heterocycles. The van der Waals surface area contributed by atoms with Crippen LogP contribution < -0.4 is 5.32 Å². The van der Waals surface area contributed by atoms with Crippen LogP contribution in [0.2, 0.25) is 0 Å². The van der Waals surface area contributed by atoms with Gasteiger partial charge in [0.25, 0.3) is 5.91 Å². The lowest BCUT2D eigenvalue weighted by Gasteiger charge is -2.38. The standard InChI is InChI=1S/C16H16N2O3S/c1-10-12(3-4-13(17-10)11-5-8-22-9-11)14(19)18-16(15(20)21)6-2-7-16/h3-5,8-9H,2,6-7H2,1H3,(H,18,19)(H,20,21). The summed E-state index contributed by atoms with van der Waals surface area (Å²) in [6, 6.07) is 5.47. The van der Waals surface area contributed by atoms with Crippen LogP contribution in [-0.4, -0.2) is 27.5 Å². The van der Waals surface area contributed by atoms with E-state index in [0.717, 1.165) is 17.7 Å². The third-order valence-corrected chi connectivity index (χ3v) is 4.80. The summed E-state index contributed by atoms with van der Waals surface area (Å²) < 4.78 is 0. The number of carboxylic acid groups (broad SMARTS) is 1. The van der Waals surface area contributed by atoms with Crippen LogP contribution in [0.4, 0.5) is 0 Å². The Bertz CT molecular complexity index is 721. The van der Waals surface area contributed by atoms with Gasteiger partial charge < -0.3 is 10.4 Å². The molecule has 0 unspecified atom stereocenters. The molecule has 1 amide bonds. The number of aliphatic carboxylic acids is 1. The maximum Gasteiger partial charge on any atom is 0.329 e. The summed E-state index contributed by atoms with van der Waals surface area (Å²) in [6.07, 6.45) is 1.78. The Morgan fingerprint density at radius 3 is 2.59 bits per heavy atom. The third-order valence-electron chi connectivity index (χ3n) is 4.12. The Morgan fingerprint density at radius 1 is 1.32 bits per heavy atom. The number of hydrogen-bond acceptors (Lipinski definition) is 4. The zero-order chi connectivity index (χ0) is 15.7. The number of aromatic nitrogens is 1. The first-order chi connectivity index (χ1) is 10.5. The Morgan fingerprint density at radius 2 is 2.09 bits per heavy atom. The SMILES string of the molecule is Cc1nc(-c2ccsc2)ccc1C(=O)NC1(C(=O)O)CCC1. The van der Waals surface area contributed by atoms with E-state index in [4.69, 9.17) is 0 Å². The van der Waals surface area contributed by atoms with E-state index < -0.39 is 11.5 Å². The molecule has 0 atom stereocenters. The van der Waals surface area contributed by atoms with E-state index >= 15 is 0 Å². The summed E-state index contributed by atoms with van der Waals surface area (Å²) in [4.78, 5) is 28.2. The Kier molecular flexibility index (Phi) is 3.70. The molecule has 2 aromatic heterocycles. The number of nitrogens with one attached hydrogen (secondary N) is 1. The van der Waals surface area contributed by atoms with Crippen LogP contribution in [-0.2, 0) is 4.79 Å². The molecular weight excluding hydrogens is 300 g/mol. The number of aryl methyl sites for hydroxylation is 1. The molecule has 0 aromatic carbocycles. The molecule has 1 fully saturated rings. The van der Waals surface area contributed by atoms with Crippen molar-refractivity contribution in [2.45, 2.75) is 31.7 Å². The largest absolute Gasteiger partial charge is 0.480 e. The van der Waals surface area contributed by atoms with E-state index in [0.29, 0.717) is 24.1 Å². The van der Waals surface area contributed by atoms with Gasteiger partial charge in [-0.25, -0.2) is 4.79 Å². The van der Waals surface area contributed by atoms with Crippen LogP contribution in [0.15, 0.2) is 29.0 Å². The molecule has 2 heterocycles. The van der Waals surface area contributed by atoms with Gasteiger partial charge in [-0.2, -0.15) is 11.3 Å². The van der Waals surface area contributed by atoms with Crippen molar-refractivity contribution in [1.29, 1.82) is 0 Å². The van der Waals surface area contributed by atoms with Gasteiger partial charge in [-0.15, -0.1) is 0 Å². The number of carboxylic acids is 1. The van der Waals surface area contributed by atoms with E-state index in [9.17, 15) is 14.7 Å². The number of thiophene rings is 1. The van der Waals surface area contributed by atoms with Gasteiger partial charge in [-0.3, -0.25) is 9.78 Å². The highest BCUT2D eigenvalue weighted by molar-refractivity contribution is 7.08. The van der Waals surface area contributed by atoms with Crippen molar-refractivity contribution >= 4 is 23.2 Å². The molecule has 6 heteroatoms. The van der Waals surface area contributed by atoms with Gasteiger partial charge in [0.1, 0.15) is 5.54 Å². The van der Waals surface area contributed by atoms with Crippen molar-refractivity contribution in [3.63, 3.8) is 0 Å². The first kappa shape index (κ1) is 14.7. The van der Waals surface area contributed by atoms with Crippen molar-refractivity contribution in [3.05, 3.63) is 40.2 Å². The van der Waals surface area contributed by atoms with Gasteiger partial charge in [-0.1, -0.05) is 0 Å². The van der Waals surface area contributed by atoms with Crippen LogP contribution in [0.5, 0.6) is 0 Å². The number of carbonyl (C=O) groups is 2. The number of amides is 1. The molecule has 0 radical (unpaired) electrons. The molecule has 1 aliphatic carbocycles. The third kappa shape index (κ3) is 2.50. The first-order valence-electron chi connectivity index (χ1n) is 7.08. The molecule has 22 heavy (non-hydrogen) atoms. The van der Waals surface area contributed by atoms with E-state index in [1.165, 1.54) is 0 Å². The zero-order valence-corrected chi connectivity index (χ0v) is 12.9. The van der Waals surface area contributed by atoms with E-state index in [1.54, 1.807) is 30.4 Å². The van der Waals surface area contributed by atoms with Crippen LogP contribution >= 0.6 is 11.3 Å². The molecule has 1 aliphatic rings. The minimum atomic E-state index is -1.10. The second kappa shape index (κ2) is 5.53. The molecule has 0 bridgehead atoms. The smallest absolute Gasteiger partial charge is 0.329 e. The van der Waals surface area contributed by atoms with Crippen molar-refractivity contribution in [3.8, 4) is 11.3 Å². The summed E-state index contributed by atoms with van der Waals surface area (Å²) >= 11 is 1.59. The summed E-state index contributed by atoms with van der Waals surface area (Å²) in [5, 5.41) is 15.9. The highest BCUT2D eigenvalue weighted by Crippen LogP contribution is 2.32. The van der Waals surface area contributed by atoms with Gasteiger partial charge in [0.05, 0.1) is 17.0 Å². The molecule has 0 saturated heterocycles.